The third-order valence-electron chi connectivity index (χ3n) is 10.5. The number of aryl methyl sites for hydroxylation is 2. The number of fused-ring (bicyclic) bond motifs is 1. The van der Waals surface area contributed by atoms with Gasteiger partial charge >= 0.3 is 0 Å². The normalized spacial score (nSPS) is 19.2. The highest BCUT2D eigenvalue weighted by Gasteiger charge is 2.29. The Morgan fingerprint density at radius 1 is 0.902 bits per heavy atom. The molecule has 8 rings (SSSR count). The van der Waals surface area contributed by atoms with Gasteiger partial charge in [-0.2, -0.15) is 5.10 Å². The number of anilines is 2. The quantitative estimate of drug-likeness (QED) is 0.196. The van der Waals surface area contributed by atoms with Crippen LogP contribution in [0.5, 0.6) is 11.5 Å². The van der Waals surface area contributed by atoms with Crippen LogP contribution in [0.25, 0.3) is 22.6 Å². The van der Waals surface area contributed by atoms with Gasteiger partial charge in [-0.15, -0.1) is 0 Å². The Morgan fingerprint density at radius 3 is 2.25 bits per heavy atom. The van der Waals surface area contributed by atoms with Crippen molar-refractivity contribution in [3.8, 4) is 22.9 Å². The van der Waals surface area contributed by atoms with Crippen LogP contribution >= 0.6 is 11.6 Å². The van der Waals surface area contributed by atoms with Gasteiger partial charge in [0, 0.05) is 76.9 Å². The molecule has 0 unspecified atom stereocenters. The molecule has 3 aromatic heterocycles. The van der Waals surface area contributed by atoms with E-state index in [0.717, 1.165) is 62.6 Å². The molecule has 2 aromatic carbocycles. The van der Waals surface area contributed by atoms with Crippen LogP contribution in [0, 0.1) is 12.8 Å². The third kappa shape index (κ3) is 7.02. The van der Waals surface area contributed by atoms with Crippen molar-refractivity contribution in [2.75, 3.05) is 55.6 Å². The van der Waals surface area contributed by atoms with Gasteiger partial charge in [0.05, 0.1) is 23.4 Å². The van der Waals surface area contributed by atoms with Gasteiger partial charge in [0.1, 0.15) is 22.1 Å². The topological polar surface area (TPSA) is 125 Å². The van der Waals surface area contributed by atoms with Crippen molar-refractivity contribution in [1.82, 2.24) is 34.9 Å². The average Bonchev–Trinajstić information content (AvgIpc) is 3.72. The van der Waals surface area contributed by atoms with E-state index in [2.05, 4.69) is 76.5 Å². The molecular formula is C38H42ClN9O3. The second-order valence-electron chi connectivity index (χ2n) is 13.9. The minimum atomic E-state index is -0.236. The highest BCUT2D eigenvalue weighted by Crippen LogP contribution is 2.37. The van der Waals surface area contributed by atoms with Gasteiger partial charge in [0.2, 0.25) is 11.8 Å². The Morgan fingerprint density at radius 2 is 1.59 bits per heavy atom. The minimum Gasteiger partial charge on any atom is -0.453 e. The summed E-state index contributed by atoms with van der Waals surface area (Å²) in [6, 6.07) is 16.6. The van der Waals surface area contributed by atoms with Gasteiger partial charge in [-0.05, 0) is 74.1 Å². The average molecular weight is 708 g/mol. The first-order valence-electron chi connectivity index (χ1n) is 17.8. The summed E-state index contributed by atoms with van der Waals surface area (Å²) < 4.78 is 8.07. The lowest BCUT2D eigenvalue weighted by Gasteiger charge is -2.40. The SMILES string of the molecule is Cc1nn(C)cc1-c1nc2ncc(Cl)c(Oc3ccc(N4CCN(CC5CCN(c6ccc([C@@H]7CCC(=O)NC7=O)cc6)CC5)CC4)cc3)c2[nH]1. The van der Waals surface area contributed by atoms with Gasteiger partial charge in [-0.3, -0.25) is 24.5 Å². The molecule has 12 nitrogen and oxygen atoms in total. The second kappa shape index (κ2) is 14.0. The van der Waals surface area contributed by atoms with E-state index in [9.17, 15) is 9.59 Å². The van der Waals surface area contributed by atoms with Gasteiger partial charge in [-0.25, -0.2) is 9.97 Å². The van der Waals surface area contributed by atoms with Gasteiger partial charge in [-0.1, -0.05) is 23.7 Å². The van der Waals surface area contributed by atoms with Crippen molar-refractivity contribution in [3.63, 3.8) is 0 Å². The predicted octanol–water partition coefficient (Wildman–Crippen LogP) is 5.67. The predicted molar refractivity (Wildman–Crippen MR) is 198 cm³/mol. The first kappa shape index (κ1) is 33.2. The molecule has 51 heavy (non-hydrogen) atoms. The molecule has 1 atom stereocenters. The summed E-state index contributed by atoms with van der Waals surface area (Å²) in [5, 5.41) is 7.30. The molecule has 0 aliphatic carbocycles. The number of rotatable bonds is 8. The summed E-state index contributed by atoms with van der Waals surface area (Å²) in [6.45, 7) is 9.23. The zero-order valence-electron chi connectivity index (χ0n) is 28.9. The summed E-state index contributed by atoms with van der Waals surface area (Å²) in [7, 11) is 1.88. The second-order valence-corrected chi connectivity index (χ2v) is 14.3. The number of aromatic nitrogens is 5. The fourth-order valence-electron chi connectivity index (χ4n) is 7.67. The summed E-state index contributed by atoms with van der Waals surface area (Å²) in [5.41, 5.74) is 6.33. The van der Waals surface area contributed by atoms with E-state index >= 15 is 0 Å². The lowest BCUT2D eigenvalue weighted by molar-refractivity contribution is -0.134. The summed E-state index contributed by atoms with van der Waals surface area (Å²) in [5.74, 6) is 1.96. The number of imidazole rings is 1. The van der Waals surface area contributed by atoms with Crippen LogP contribution in [0.1, 0.15) is 42.9 Å². The van der Waals surface area contributed by atoms with Crippen LogP contribution in [-0.2, 0) is 16.6 Å². The molecule has 0 bridgehead atoms. The van der Waals surface area contributed by atoms with Gasteiger partial charge in [0.15, 0.2) is 11.4 Å². The first-order chi connectivity index (χ1) is 24.8. The fraction of sp³-hybridized carbons (Fsp3) is 0.395. The molecule has 264 valence electrons. The highest BCUT2D eigenvalue weighted by atomic mass is 35.5. The summed E-state index contributed by atoms with van der Waals surface area (Å²) in [6.07, 6.45) is 6.83. The molecule has 6 heterocycles. The van der Waals surface area contributed by atoms with E-state index in [1.54, 1.807) is 10.9 Å². The Hall–Kier alpha value is -4.94. The molecular weight excluding hydrogens is 666 g/mol. The van der Waals surface area contributed by atoms with E-state index in [4.69, 9.17) is 16.3 Å². The molecule has 2 N–H and O–H groups in total. The van der Waals surface area contributed by atoms with Crippen molar-refractivity contribution in [3.05, 3.63) is 77.2 Å². The number of carbonyl (C=O) groups is 2. The number of benzene rings is 2. The monoisotopic (exact) mass is 707 g/mol. The Labute approximate surface area is 301 Å². The van der Waals surface area contributed by atoms with Crippen LogP contribution in [-0.4, -0.2) is 87.3 Å². The number of imide groups is 1. The largest absolute Gasteiger partial charge is 0.453 e. The number of piperidine rings is 2. The molecule has 13 heteroatoms. The van der Waals surface area contributed by atoms with Crippen LogP contribution in [0.15, 0.2) is 60.9 Å². The molecule has 2 amide bonds. The summed E-state index contributed by atoms with van der Waals surface area (Å²) in [4.78, 5) is 43.7. The third-order valence-corrected chi connectivity index (χ3v) is 10.8. The number of halogens is 1. The van der Waals surface area contributed by atoms with Crippen molar-refractivity contribution < 1.29 is 14.3 Å². The highest BCUT2D eigenvalue weighted by molar-refractivity contribution is 6.32. The van der Waals surface area contributed by atoms with Crippen molar-refractivity contribution >= 4 is 46.0 Å². The number of nitrogens with zero attached hydrogens (tertiary/aromatic N) is 7. The number of H-pyrrole nitrogens is 1. The molecule has 3 aliphatic rings. The smallest absolute Gasteiger partial charge is 0.234 e. The lowest BCUT2D eigenvalue weighted by Crippen LogP contribution is -2.49. The van der Waals surface area contributed by atoms with Crippen LogP contribution in [0.4, 0.5) is 11.4 Å². The van der Waals surface area contributed by atoms with Crippen LogP contribution in [0.2, 0.25) is 5.02 Å². The number of hydrogen-bond donors (Lipinski definition) is 2. The molecule has 0 saturated carbocycles. The van der Waals surface area contributed by atoms with Crippen molar-refractivity contribution in [2.24, 2.45) is 13.0 Å². The Balaban J connectivity index is 0.818. The molecule has 3 fully saturated rings. The number of ether oxygens (including phenoxy) is 1. The van der Waals surface area contributed by atoms with Crippen molar-refractivity contribution in [2.45, 2.75) is 38.5 Å². The molecule has 3 aliphatic heterocycles. The van der Waals surface area contributed by atoms with E-state index in [0.29, 0.717) is 52.3 Å². The molecule has 0 spiro atoms. The zero-order chi connectivity index (χ0) is 35.1. The number of carbonyl (C=O) groups excluding carboxylic acids is 2. The zero-order valence-corrected chi connectivity index (χ0v) is 29.7. The number of amides is 2. The Kier molecular flexibility index (Phi) is 9.12. The van der Waals surface area contributed by atoms with E-state index in [1.165, 1.54) is 24.2 Å². The number of nitrogens with one attached hydrogen (secondary N) is 2. The fourth-order valence-corrected chi connectivity index (χ4v) is 7.85. The number of pyridine rings is 1. The van der Waals surface area contributed by atoms with E-state index < -0.39 is 0 Å². The van der Waals surface area contributed by atoms with Crippen LogP contribution in [0.3, 0.4) is 0 Å². The standard InChI is InChI=1S/C38H42ClN9O3/c1-24-31(23-45(2)44-24)36-42-34-35(32(39)21-40-37(34)43-36)51-29-9-7-28(8-10-29)48-19-17-46(18-20-48)22-25-13-15-47(16-14-25)27-5-3-26(4-6-27)30-11-12-33(49)41-38(30)50/h3-10,21,23,25,30H,11-20,22H2,1-2H3,(H,40,42,43)(H,41,49,50)/t30-/m0/s1. The molecule has 5 aromatic rings. The minimum absolute atomic E-state index is 0.174. The number of piperazine rings is 1. The maximum absolute atomic E-state index is 12.3. The molecule has 0 radical (unpaired) electrons. The van der Waals surface area contributed by atoms with Crippen LogP contribution < -0.4 is 19.9 Å². The maximum Gasteiger partial charge on any atom is 0.234 e. The number of hydrogen-bond acceptors (Lipinski definition) is 9. The molecule has 3 saturated heterocycles. The number of aromatic amines is 1. The lowest BCUT2D eigenvalue weighted by atomic mass is 9.90. The first-order valence-corrected chi connectivity index (χ1v) is 18.1. The van der Waals surface area contributed by atoms with Gasteiger partial charge in [0.25, 0.3) is 0 Å². The summed E-state index contributed by atoms with van der Waals surface area (Å²) >= 11 is 6.57. The van der Waals surface area contributed by atoms with Gasteiger partial charge < -0.3 is 19.5 Å². The Bertz CT molecular complexity index is 2040. The van der Waals surface area contributed by atoms with Crippen molar-refractivity contribution in [1.29, 1.82) is 0 Å². The van der Waals surface area contributed by atoms with E-state index in [-0.39, 0.29) is 17.7 Å². The van der Waals surface area contributed by atoms with E-state index in [1.807, 2.05) is 32.3 Å². The maximum atomic E-state index is 12.3.